The van der Waals surface area contributed by atoms with E-state index < -0.39 is 0 Å². The van der Waals surface area contributed by atoms with E-state index in [0.29, 0.717) is 12.5 Å². The fourth-order valence-electron chi connectivity index (χ4n) is 2.97. The molecule has 0 amide bonds. The topological polar surface area (TPSA) is 68.2 Å². The number of benzene rings is 3. The Morgan fingerprint density at radius 1 is 0.889 bits per heavy atom. The standard InChI is InChI=1S/C22H21N5/c23-22(26-19-6-2-1-3-7-19)24-14-17-10-12-18(13-11-17)15-27-16-25-20-8-4-5-9-21(20)27/h1-13,16H,14-15H2,(H3,23,24,26). The van der Waals surface area contributed by atoms with Crippen LogP contribution < -0.4 is 11.1 Å². The zero-order valence-corrected chi connectivity index (χ0v) is 14.9. The van der Waals surface area contributed by atoms with Gasteiger partial charge in [0.1, 0.15) is 0 Å². The number of nitrogens with two attached hydrogens (primary N) is 1. The second-order valence-electron chi connectivity index (χ2n) is 6.37. The molecular weight excluding hydrogens is 334 g/mol. The molecule has 1 heterocycles. The Bertz CT molecular complexity index is 1050. The molecule has 1 aromatic heterocycles. The monoisotopic (exact) mass is 355 g/mol. The lowest BCUT2D eigenvalue weighted by atomic mass is 10.1. The first-order valence-electron chi connectivity index (χ1n) is 8.87. The number of para-hydroxylation sites is 3. The van der Waals surface area contributed by atoms with Crippen molar-refractivity contribution < 1.29 is 0 Å². The van der Waals surface area contributed by atoms with Gasteiger partial charge < -0.3 is 15.6 Å². The highest BCUT2D eigenvalue weighted by atomic mass is 15.1. The lowest BCUT2D eigenvalue weighted by Crippen LogP contribution is -2.22. The minimum atomic E-state index is 0.412. The quantitative estimate of drug-likeness (QED) is 0.420. The van der Waals surface area contributed by atoms with Crippen molar-refractivity contribution in [2.24, 2.45) is 10.7 Å². The largest absolute Gasteiger partial charge is 0.370 e. The van der Waals surface area contributed by atoms with Crippen LogP contribution in [0.3, 0.4) is 0 Å². The van der Waals surface area contributed by atoms with E-state index in [1.165, 1.54) is 5.56 Å². The number of imidazole rings is 1. The Balaban J connectivity index is 1.39. The van der Waals surface area contributed by atoms with Crippen LogP contribution in [0.25, 0.3) is 11.0 Å². The summed E-state index contributed by atoms with van der Waals surface area (Å²) in [4.78, 5) is 8.84. The number of hydrogen-bond acceptors (Lipinski definition) is 2. The number of guanidine groups is 1. The predicted molar refractivity (Wildman–Crippen MR) is 111 cm³/mol. The molecule has 0 aliphatic heterocycles. The van der Waals surface area contributed by atoms with E-state index in [0.717, 1.165) is 28.8 Å². The van der Waals surface area contributed by atoms with Crippen molar-refractivity contribution in [1.82, 2.24) is 9.55 Å². The van der Waals surface area contributed by atoms with E-state index in [1.807, 2.05) is 54.9 Å². The first-order valence-corrected chi connectivity index (χ1v) is 8.87. The molecule has 134 valence electrons. The summed E-state index contributed by atoms with van der Waals surface area (Å²) in [6, 6.07) is 26.4. The average Bonchev–Trinajstić information content (AvgIpc) is 3.11. The number of nitrogens with zero attached hydrogens (tertiary/aromatic N) is 3. The predicted octanol–water partition coefficient (Wildman–Crippen LogP) is 4.01. The molecule has 5 heteroatoms. The summed E-state index contributed by atoms with van der Waals surface area (Å²) in [5.74, 6) is 0.412. The van der Waals surface area contributed by atoms with Gasteiger partial charge in [-0.3, -0.25) is 0 Å². The molecule has 0 radical (unpaired) electrons. The highest BCUT2D eigenvalue weighted by molar-refractivity contribution is 5.92. The van der Waals surface area contributed by atoms with E-state index in [4.69, 9.17) is 5.73 Å². The van der Waals surface area contributed by atoms with Gasteiger partial charge in [-0.15, -0.1) is 0 Å². The summed E-state index contributed by atoms with van der Waals surface area (Å²) < 4.78 is 2.16. The number of rotatable bonds is 5. The zero-order valence-electron chi connectivity index (χ0n) is 14.9. The first kappa shape index (κ1) is 16.8. The van der Waals surface area contributed by atoms with Gasteiger partial charge in [-0.25, -0.2) is 9.98 Å². The number of aromatic nitrogens is 2. The van der Waals surface area contributed by atoms with Crippen molar-refractivity contribution >= 4 is 22.7 Å². The second kappa shape index (κ2) is 7.74. The smallest absolute Gasteiger partial charge is 0.193 e. The SMILES string of the molecule is NC(=NCc1ccc(Cn2cnc3ccccc32)cc1)Nc1ccccc1. The molecule has 0 spiro atoms. The molecule has 0 saturated carbocycles. The van der Waals surface area contributed by atoms with Crippen LogP contribution in [0.1, 0.15) is 11.1 Å². The summed E-state index contributed by atoms with van der Waals surface area (Å²) in [6.07, 6.45) is 1.89. The molecule has 27 heavy (non-hydrogen) atoms. The maximum Gasteiger partial charge on any atom is 0.193 e. The first-order chi connectivity index (χ1) is 13.3. The normalized spacial score (nSPS) is 11.6. The summed E-state index contributed by atoms with van der Waals surface area (Å²) in [5, 5.41) is 3.09. The lowest BCUT2D eigenvalue weighted by Gasteiger charge is -2.07. The summed E-state index contributed by atoms with van der Waals surface area (Å²) in [5.41, 5.74) is 11.4. The third kappa shape index (κ3) is 4.15. The van der Waals surface area contributed by atoms with E-state index >= 15 is 0 Å². The number of aliphatic imine (C=N–C) groups is 1. The van der Waals surface area contributed by atoms with Gasteiger partial charge in [0.05, 0.1) is 23.9 Å². The molecule has 0 aliphatic carbocycles. The summed E-state index contributed by atoms with van der Waals surface area (Å²) in [6.45, 7) is 1.34. The van der Waals surface area contributed by atoms with Gasteiger partial charge in [0.2, 0.25) is 0 Å². The van der Waals surface area contributed by atoms with Crippen LogP contribution in [0.2, 0.25) is 0 Å². The Morgan fingerprint density at radius 2 is 1.59 bits per heavy atom. The van der Waals surface area contributed by atoms with Crippen molar-refractivity contribution in [1.29, 1.82) is 0 Å². The van der Waals surface area contributed by atoms with E-state index in [9.17, 15) is 0 Å². The van der Waals surface area contributed by atoms with Gasteiger partial charge in [0, 0.05) is 12.2 Å². The number of hydrogen-bond donors (Lipinski definition) is 2. The molecule has 0 bridgehead atoms. The zero-order chi connectivity index (χ0) is 18.5. The van der Waals surface area contributed by atoms with Gasteiger partial charge in [-0.05, 0) is 35.4 Å². The molecule has 3 N–H and O–H groups in total. The van der Waals surface area contributed by atoms with Gasteiger partial charge >= 0.3 is 0 Å². The van der Waals surface area contributed by atoms with Gasteiger partial charge in [0.15, 0.2) is 5.96 Å². The Kier molecular flexibility index (Phi) is 4.83. The van der Waals surface area contributed by atoms with Crippen molar-refractivity contribution in [3.63, 3.8) is 0 Å². The van der Waals surface area contributed by atoms with Crippen LogP contribution in [0.15, 0.2) is 90.2 Å². The molecule has 4 rings (SSSR count). The molecule has 3 aromatic carbocycles. The Labute approximate surface area is 158 Å². The third-order valence-electron chi connectivity index (χ3n) is 4.38. The highest BCUT2D eigenvalue weighted by Crippen LogP contribution is 2.15. The molecule has 0 saturated heterocycles. The van der Waals surface area contributed by atoms with Crippen LogP contribution >= 0.6 is 0 Å². The lowest BCUT2D eigenvalue weighted by molar-refractivity contribution is 0.823. The van der Waals surface area contributed by atoms with Crippen molar-refractivity contribution in [2.75, 3.05) is 5.32 Å². The van der Waals surface area contributed by atoms with Crippen molar-refractivity contribution in [3.05, 3.63) is 96.3 Å². The number of anilines is 1. The number of nitrogens with one attached hydrogen (secondary N) is 1. The van der Waals surface area contributed by atoms with Gasteiger partial charge in [0.25, 0.3) is 0 Å². The van der Waals surface area contributed by atoms with E-state index in [-0.39, 0.29) is 0 Å². The van der Waals surface area contributed by atoms with Crippen LogP contribution in [0.5, 0.6) is 0 Å². The number of fused-ring (bicyclic) bond motifs is 1. The minimum Gasteiger partial charge on any atom is -0.370 e. The Morgan fingerprint density at radius 3 is 2.41 bits per heavy atom. The minimum absolute atomic E-state index is 0.412. The summed E-state index contributed by atoms with van der Waals surface area (Å²) in [7, 11) is 0. The van der Waals surface area contributed by atoms with Crippen molar-refractivity contribution in [3.8, 4) is 0 Å². The molecule has 0 fully saturated rings. The molecule has 0 aliphatic rings. The maximum atomic E-state index is 5.96. The maximum absolute atomic E-state index is 5.96. The van der Waals surface area contributed by atoms with Crippen LogP contribution in [-0.4, -0.2) is 15.5 Å². The Hall–Kier alpha value is -3.60. The summed E-state index contributed by atoms with van der Waals surface area (Å²) >= 11 is 0. The highest BCUT2D eigenvalue weighted by Gasteiger charge is 2.02. The molecule has 0 atom stereocenters. The molecule has 5 nitrogen and oxygen atoms in total. The van der Waals surface area contributed by atoms with Crippen LogP contribution in [-0.2, 0) is 13.1 Å². The third-order valence-corrected chi connectivity index (χ3v) is 4.38. The molecule has 4 aromatic rings. The van der Waals surface area contributed by atoms with Crippen LogP contribution in [0, 0.1) is 0 Å². The van der Waals surface area contributed by atoms with Gasteiger partial charge in [-0.1, -0.05) is 54.6 Å². The average molecular weight is 355 g/mol. The van der Waals surface area contributed by atoms with E-state index in [2.05, 4.69) is 50.2 Å². The van der Waals surface area contributed by atoms with Gasteiger partial charge in [-0.2, -0.15) is 0 Å². The van der Waals surface area contributed by atoms with E-state index in [1.54, 1.807) is 0 Å². The van der Waals surface area contributed by atoms with Crippen molar-refractivity contribution in [2.45, 2.75) is 13.1 Å². The molecular formula is C22H21N5. The fraction of sp³-hybridized carbons (Fsp3) is 0.0909. The molecule has 0 unspecified atom stereocenters. The second-order valence-corrected chi connectivity index (χ2v) is 6.37. The fourth-order valence-corrected chi connectivity index (χ4v) is 2.97. The van der Waals surface area contributed by atoms with Crippen LogP contribution in [0.4, 0.5) is 5.69 Å².